The van der Waals surface area contributed by atoms with Crippen molar-refractivity contribution in [3.63, 3.8) is 0 Å². The molecule has 1 aromatic rings. The molecule has 0 spiro atoms. The first-order valence-electron chi connectivity index (χ1n) is 9.25. The molecule has 2 rings (SSSR count). The van der Waals surface area contributed by atoms with Gasteiger partial charge in [-0.05, 0) is 32.0 Å². The van der Waals surface area contributed by atoms with Crippen LogP contribution in [0.1, 0.15) is 27.7 Å². The van der Waals surface area contributed by atoms with Crippen LogP contribution in [-0.2, 0) is 19.6 Å². The normalized spacial score (nSPS) is 23.4. The number of halogens is 1. The van der Waals surface area contributed by atoms with Crippen LogP contribution < -0.4 is 10.2 Å². The molecule has 2 N–H and O–H groups in total. The van der Waals surface area contributed by atoms with Crippen molar-refractivity contribution in [3.05, 3.63) is 23.2 Å². The van der Waals surface area contributed by atoms with E-state index in [1.807, 2.05) is 13.8 Å². The molecule has 1 aliphatic heterocycles. The van der Waals surface area contributed by atoms with Gasteiger partial charge in [0.15, 0.2) is 6.54 Å². The highest BCUT2D eigenvalue weighted by Crippen LogP contribution is 2.27. The maximum absolute atomic E-state index is 12.8. The molecule has 152 valence electrons. The van der Waals surface area contributed by atoms with Gasteiger partial charge in [0.25, 0.3) is 5.91 Å². The second kappa shape index (κ2) is 9.34. The number of hydrogen-bond acceptors (Lipinski definition) is 4. The van der Waals surface area contributed by atoms with E-state index >= 15 is 0 Å². The molecule has 7 nitrogen and oxygen atoms in total. The molecular formula is C18H29ClN3O4S+. The van der Waals surface area contributed by atoms with Crippen molar-refractivity contribution in [2.75, 3.05) is 38.0 Å². The zero-order chi connectivity index (χ0) is 20.2. The summed E-state index contributed by atoms with van der Waals surface area (Å²) < 4.78 is 32.5. The average Bonchev–Trinajstić information content (AvgIpc) is 2.56. The Morgan fingerprint density at radius 1 is 1.26 bits per heavy atom. The molecule has 0 saturated carbocycles. The molecule has 27 heavy (non-hydrogen) atoms. The molecule has 9 heteroatoms. The van der Waals surface area contributed by atoms with E-state index in [9.17, 15) is 13.2 Å². The minimum atomic E-state index is -3.70. The Balaban J connectivity index is 2.12. The summed E-state index contributed by atoms with van der Waals surface area (Å²) in [6.07, 6.45) is 0.218. The average molecular weight is 419 g/mol. The lowest BCUT2D eigenvalue weighted by Gasteiger charge is -2.31. The van der Waals surface area contributed by atoms with Crippen molar-refractivity contribution in [2.45, 2.75) is 44.8 Å². The molecular weight excluding hydrogens is 390 g/mol. The third-order valence-corrected chi connectivity index (χ3v) is 7.10. The number of nitrogens with one attached hydrogen (secondary N) is 2. The fourth-order valence-corrected chi connectivity index (χ4v) is 5.41. The monoisotopic (exact) mass is 418 g/mol. The van der Waals surface area contributed by atoms with Gasteiger partial charge in [0.2, 0.25) is 10.0 Å². The Morgan fingerprint density at radius 3 is 2.41 bits per heavy atom. The number of anilines is 1. The molecule has 0 bridgehead atoms. The fourth-order valence-electron chi connectivity index (χ4n) is 3.45. The van der Waals surface area contributed by atoms with Gasteiger partial charge in [-0.2, -0.15) is 4.31 Å². The van der Waals surface area contributed by atoms with Gasteiger partial charge in [0.05, 0.1) is 5.02 Å². The van der Waals surface area contributed by atoms with Gasteiger partial charge in [0, 0.05) is 18.8 Å². The third-order valence-electron chi connectivity index (χ3n) is 4.57. The lowest BCUT2D eigenvalue weighted by Crippen LogP contribution is -3.16. The van der Waals surface area contributed by atoms with Crippen LogP contribution in [0.4, 0.5) is 5.69 Å². The number of sulfonamides is 1. The topological polar surface area (TPSA) is 80.2 Å². The van der Waals surface area contributed by atoms with Crippen molar-refractivity contribution < 1.29 is 22.8 Å². The predicted octanol–water partition coefficient (Wildman–Crippen LogP) is 1.00. The van der Waals surface area contributed by atoms with Crippen LogP contribution in [0, 0.1) is 0 Å². The van der Waals surface area contributed by atoms with Crippen LogP contribution in [0.5, 0.6) is 0 Å². The number of benzene rings is 1. The van der Waals surface area contributed by atoms with Crippen molar-refractivity contribution in [2.24, 2.45) is 0 Å². The molecule has 1 aliphatic rings. The van der Waals surface area contributed by atoms with Gasteiger partial charge in [-0.1, -0.05) is 25.4 Å². The van der Waals surface area contributed by atoms with Crippen molar-refractivity contribution in [1.82, 2.24) is 4.31 Å². The Hall–Kier alpha value is -1.19. The van der Waals surface area contributed by atoms with Gasteiger partial charge in [-0.3, -0.25) is 4.79 Å². The van der Waals surface area contributed by atoms with E-state index < -0.39 is 10.0 Å². The summed E-state index contributed by atoms with van der Waals surface area (Å²) in [6.45, 7) is 10.1. The molecule has 0 radical (unpaired) electrons. The van der Waals surface area contributed by atoms with E-state index in [-0.39, 0.29) is 28.0 Å². The maximum Gasteiger partial charge on any atom is 0.279 e. The lowest BCUT2D eigenvalue weighted by atomic mass is 10.2. The first kappa shape index (κ1) is 22.1. The Kier molecular flexibility index (Phi) is 7.64. The highest BCUT2D eigenvalue weighted by atomic mass is 35.5. The molecule has 1 saturated heterocycles. The molecule has 0 aliphatic carbocycles. The van der Waals surface area contributed by atoms with Gasteiger partial charge >= 0.3 is 0 Å². The molecule has 1 amide bonds. The minimum absolute atomic E-state index is 0.00614. The van der Waals surface area contributed by atoms with E-state index in [1.54, 1.807) is 19.9 Å². The van der Waals surface area contributed by atoms with Crippen LogP contribution in [0.2, 0.25) is 5.02 Å². The SMILES string of the molecule is CCN(CC)S(=O)(=O)c1cc(NC(=O)C[NH+]2C[C@@H](C)O[C@H](C)C2)ccc1Cl. The van der Waals surface area contributed by atoms with E-state index in [4.69, 9.17) is 16.3 Å². The summed E-state index contributed by atoms with van der Waals surface area (Å²) in [6, 6.07) is 4.54. The molecule has 1 heterocycles. The van der Waals surface area contributed by atoms with Gasteiger partial charge in [0.1, 0.15) is 30.2 Å². The number of morpholine rings is 1. The second-order valence-corrected chi connectivity index (χ2v) is 9.19. The highest BCUT2D eigenvalue weighted by Gasteiger charge is 2.28. The number of nitrogens with zero attached hydrogens (tertiary/aromatic N) is 1. The zero-order valence-corrected chi connectivity index (χ0v) is 17.9. The van der Waals surface area contributed by atoms with E-state index in [2.05, 4.69) is 5.32 Å². The van der Waals surface area contributed by atoms with Crippen molar-refractivity contribution in [3.8, 4) is 0 Å². The minimum Gasteiger partial charge on any atom is -0.364 e. The van der Waals surface area contributed by atoms with Crippen LogP contribution >= 0.6 is 11.6 Å². The van der Waals surface area contributed by atoms with Gasteiger partial charge in [-0.15, -0.1) is 0 Å². The number of carbonyl (C=O) groups is 1. The second-order valence-electron chi connectivity index (χ2n) is 6.88. The molecule has 0 unspecified atom stereocenters. The van der Waals surface area contributed by atoms with Crippen molar-refractivity contribution in [1.29, 1.82) is 0 Å². The Labute approximate surface area is 166 Å². The van der Waals surface area contributed by atoms with Crippen LogP contribution in [0.25, 0.3) is 0 Å². The number of amides is 1. The summed E-state index contributed by atoms with van der Waals surface area (Å²) in [5.74, 6) is -0.167. The number of rotatable bonds is 7. The number of ether oxygens (including phenoxy) is 1. The van der Waals surface area contributed by atoms with E-state index in [0.717, 1.165) is 18.0 Å². The maximum atomic E-state index is 12.8. The first-order chi connectivity index (χ1) is 12.7. The van der Waals surface area contributed by atoms with Crippen LogP contribution in [0.3, 0.4) is 0 Å². The Morgan fingerprint density at radius 2 is 1.85 bits per heavy atom. The molecule has 1 aromatic carbocycles. The van der Waals surface area contributed by atoms with Crippen LogP contribution in [-0.4, -0.2) is 63.6 Å². The number of carbonyl (C=O) groups excluding carboxylic acids is 1. The first-order valence-corrected chi connectivity index (χ1v) is 11.1. The Bertz CT molecular complexity index is 758. The summed E-state index contributed by atoms with van der Waals surface area (Å²) in [4.78, 5) is 13.6. The standard InChI is InChI=1S/C18H28ClN3O4S/c1-5-22(6-2)27(24,25)17-9-15(7-8-16(17)19)20-18(23)12-21-10-13(3)26-14(4)11-21/h7-9,13-14H,5-6,10-12H2,1-4H3,(H,20,23)/p+1/t13-,14-/m1/s1. The fraction of sp³-hybridized carbons (Fsp3) is 0.611. The summed E-state index contributed by atoms with van der Waals surface area (Å²) in [7, 11) is -3.70. The quantitative estimate of drug-likeness (QED) is 0.692. The zero-order valence-electron chi connectivity index (χ0n) is 16.3. The largest absolute Gasteiger partial charge is 0.364 e. The number of hydrogen-bond donors (Lipinski definition) is 2. The summed E-state index contributed by atoms with van der Waals surface area (Å²) in [5.41, 5.74) is 0.420. The van der Waals surface area contributed by atoms with E-state index in [0.29, 0.717) is 25.3 Å². The molecule has 0 aromatic heterocycles. The number of quaternary nitrogens is 1. The predicted molar refractivity (Wildman–Crippen MR) is 106 cm³/mol. The third kappa shape index (κ3) is 5.65. The highest BCUT2D eigenvalue weighted by molar-refractivity contribution is 7.89. The van der Waals surface area contributed by atoms with Gasteiger partial charge in [-0.25, -0.2) is 8.42 Å². The smallest absolute Gasteiger partial charge is 0.279 e. The van der Waals surface area contributed by atoms with Gasteiger partial charge < -0.3 is 15.0 Å². The van der Waals surface area contributed by atoms with E-state index in [1.165, 1.54) is 16.4 Å². The summed E-state index contributed by atoms with van der Waals surface area (Å²) >= 11 is 6.13. The van der Waals surface area contributed by atoms with Crippen LogP contribution in [0.15, 0.2) is 23.1 Å². The molecule has 1 fully saturated rings. The molecule has 2 atom stereocenters. The summed E-state index contributed by atoms with van der Waals surface area (Å²) in [5, 5.41) is 2.93. The lowest BCUT2D eigenvalue weighted by molar-refractivity contribution is -0.907. The van der Waals surface area contributed by atoms with Crippen molar-refractivity contribution >= 4 is 33.2 Å².